The maximum Gasteiger partial charge on any atom is 1.00 e. The molecule has 0 bridgehead atoms. The van der Waals surface area contributed by atoms with Crippen molar-refractivity contribution in [2.24, 2.45) is 16.2 Å². The van der Waals surface area contributed by atoms with E-state index >= 15 is 0 Å². The van der Waals surface area contributed by atoms with Gasteiger partial charge in [-0.15, -0.1) is 0 Å². The van der Waals surface area contributed by atoms with Crippen molar-refractivity contribution in [1.29, 1.82) is 0 Å². The zero-order valence-corrected chi connectivity index (χ0v) is 17.8. The second-order valence-electron chi connectivity index (χ2n) is 5.36. The Morgan fingerprint density at radius 1 is 0.824 bits per heavy atom. The molecule has 0 spiro atoms. The standard InChI is InChI=1S/C11H18O4.2K/c1-9(2)10(3,7(12)13)5-6-11(9,4)8(14)15;;/h5-6H2,1-4H3,(H,12,13)(H,14,15);;/q;2*+1/p-2/t10-,11+;;. The van der Waals surface area contributed by atoms with E-state index < -0.39 is 28.2 Å². The molecule has 0 radical (unpaired) electrons. The topological polar surface area (TPSA) is 80.3 Å². The third kappa shape index (κ3) is 3.11. The third-order valence-corrected chi connectivity index (χ3v) is 4.78. The molecule has 1 saturated carbocycles. The molecule has 0 heterocycles. The maximum atomic E-state index is 11.1. The predicted octanol–water partition coefficient (Wildman–Crippen LogP) is -6.67. The van der Waals surface area contributed by atoms with E-state index in [4.69, 9.17) is 0 Å². The molecular weight excluding hydrogens is 274 g/mol. The zero-order chi connectivity index (χ0) is 12.1. The van der Waals surface area contributed by atoms with Crippen molar-refractivity contribution in [3.05, 3.63) is 0 Å². The van der Waals surface area contributed by atoms with Gasteiger partial charge in [0.15, 0.2) is 0 Å². The van der Waals surface area contributed by atoms with E-state index in [0.717, 1.165) is 0 Å². The van der Waals surface area contributed by atoms with E-state index in [2.05, 4.69) is 0 Å². The van der Waals surface area contributed by atoms with E-state index in [1.54, 1.807) is 27.7 Å². The molecule has 17 heavy (non-hydrogen) atoms. The Bertz CT molecular complexity index is 299. The van der Waals surface area contributed by atoms with Crippen LogP contribution < -0.4 is 113 Å². The molecule has 0 amide bonds. The number of aliphatic carboxylic acids is 2. The molecule has 1 aliphatic carbocycles. The van der Waals surface area contributed by atoms with Crippen molar-refractivity contribution >= 4 is 11.9 Å². The summed E-state index contributed by atoms with van der Waals surface area (Å²) in [6, 6.07) is 0. The van der Waals surface area contributed by atoms with Gasteiger partial charge in [-0.05, 0) is 18.3 Å². The van der Waals surface area contributed by atoms with Gasteiger partial charge in [-0.2, -0.15) is 0 Å². The molecule has 1 rings (SSSR count). The molecule has 4 nitrogen and oxygen atoms in total. The molecule has 1 fully saturated rings. The first-order chi connectivity index (χ1) is 6.59. The first-order valence-corrected chi connectivity index (χ1v) is 5.02. The van der Waals surface area contributed by atoms with E-state index in [1.807, 2.05) is 0 Å². The van der Waals surface area contributed by atoms with E-state index in [9.17, 15) is 19.8 Å². The summed E-state index contributed by atoms with van der Waals surface area (Å²) in [6.07, 6.45) is 0.625. The summed E-state index contributed by atoms with van der Waals surface area (Å²) in [7, 11) is 0. The van der Waals surface area contributed by atoms with Crippen LogP contribution >= 0.6 is 0 Å². The van der Waals surface area contributed by atoms with Crippen LogP contribution in [0.5, 0.6) is 0 Å². The number of carbonyl (C=O) groups excluding carboxylic acids is 2. The van der Waals surface area contributed by atoms with Gasteiger partial charge in [0.25, 0.3) is 0 Å². The van der Waals surface area contributed by atoms with Crippen molar-refractivity contribution in [2.75, 3.05) is 0 Å². The molecular formula is C11H16K2O4. The molecule has 0 unspecified atom stereocenters. The Kier molecular flexibility index (Phi) is 8.58. The Labute approximate surface area is 187 Å². The Morgan fingerprint density at radius 3 is 1.18 bits per heavy atom. The van der Waals surface area contributed by atoms with Gasteiger partial charge < -0.3 is 19.8 Å². The number of carboxylic acid groups (broad SMARTS) is 2. The van der Waals surface area contributed by atoms with Gasteiger partial charge in [0, 0.05) is 22.8 Å². The maximum absolute atomic E-state index is 11.1. The van der Waals surface area contributed by atoms with Crippen LogP contribution in [0.4, 0.5) is 0 Å². The van der Waals surface area contributed by atoms with Crippen LogP contribution in [0.15, 0.2) is 0 Å². The monoisotopic (exact) mass is 290 g/mol. The second-order valence-corrected chi connectivity index (χ2v) is 5.36. The van der Waals surface area contributed by atoms with Crippen LogP contribution in [0.2, 0.25) is 0 Å². The summed E-state index contributed by atoms with van der Waals surface area (Å²) in [6.45, 7) is 6.42. The van der Waals surface area contributed by atoms with Gasteiger partial charge in [0.2, 0.25) is 0 Å². The van der Waals surface area contributed by atoms with Gasteiger partial charge >= 0.3 is 103 Å². The molecule has 1 aliphatic rings. The smallest absolute Gasteiger partial charge is 0.550 e. The van der Waals surface area contributed by atoms with Crippen molar-refractivity contribution in [3.63, 3.8) is 0 Å². The third-order valence-electron chi connectivity index (χ3n) is 4.78. The Balaban J connectivity index is 0. The molecule has 2 atom stereocenters. The van der Waals surface area contributed by atoms with Crippen LogP contribution in [-0.4, -0.2) is 11.9 Å². The zero-order valence-electron chi connectivity index (χ0n) is 11.5. The number of hydrogen-bond acceptors (Lipinski definition) is 4. The number of hydrogen-bond donors (Lipinski definition) is 0. The van der Waals surface area contributed by atoms with Crippen molar-refractivity contribution in [2.45, 2.75) is 40.5 Å². The summed E-state index contributed by atoms with van der Waals surface area (Å²) >= 11 is 0. The van der Waals surface area contributed by atoms with Crippen LogP contribution in [0.3, 0.4) is 0 Å². The molecule has 0 aromatic carbocycles. The second kappa shape index (κ2) is 6.78. The first-order valence-electron chi connectivity index (χ1n) is 5.02. The van der Waals surface area contributed by atoms with E-state index in [-0.39, 0.29) is 103 Å². The predicted molar refractivity (Wildman–Crippen MR) is 49.2 cm³/mol. The van der Waals surface area contributed by atoms with E-state index in [0.29, 0.717) is 12.8 Å². The molecule has 0 saturated heterocycles. The molecule has 6 heteroatoms. The van der Waals surface area contributed by atoms with Crippen molar-refractivity contribution in [3.8, 4) is 0 Å². The van der Waals surface area contributed by atoms with Gasteiger partial charge in [-0.3, -0.25) is 0 Å². The molecule has 86 valence electrons. The average Bonchev–Trinajstić information content (AvgIpc) is 2.28. The minimum Gasteiger partial charge on any atom is -0.550 e. The summed E-state index contributed by atoms with van der Waals surface area (Å²) in [5, 5.41) is 22.2. The van der Waals surface area contributed by atoms with Crippen LogP contribution in [0.1, 0.15) is 40.5 Å². The number of carbonyl (C=O) groups is 2. The van der Waals surface area contributed by atoms with Crippen LogP contribution in [0, 0.1) is 16.2 Å². The minimum atomic E-state index is -1.18. The van der Waals surface area contributed by atoms with Crippen molar-refractivity contribution in [1.82, 2.24) is 0 Å². The molecule has 0 aliphatic heterocycles. The minimum absolute atomic E-state index is 0. The molecule has 0 aromatic rings. The fourth-order valence-corrected chi connectivity index (χ4v) is 2.45. The summed E-state index contributed by atoms with van der Waals surface area (Å²) in [4.78, 5) is 22.2. The van der Waals surface area contributed by atoms with Gasteiger partial charge in [-0.1, -0.05) is 27.7 Å². The van der Waals surface area contributed by atoms with Crippen LogP contribution in [0.25, 0.3) is 0 Å². The number of carboxylic acids is 2. The van der Waals surface area contributed by atoms with E-state index in [1.165, 1.54) is 0 Å². The summed E-state index contributed by atoms with van der Waals surface area (Å²) in [5.41, 5.74) is -3.10. The molecule has 0 N–H and O–H groups in total. The molecule has 0 aromatic heterocycles. The fourth-order valence-electron chi connectivity index (χ4n) is 2.45. The number of rotatable bonds is 2. The summed E-state index contributed by atoms with van der Waals surface area (Å²) in [5.74, 6) is -2.37. The average molecular weight is 290 g/mol. The Hall–Kier alpha value is 2.21. The fraction of sp³-hybridized carbons (Fsp3) is 0.818. The van der Waals surface area contributed by atoms with Crippen LogP contribution in [-0.2, 0) is 9.59 Å². The van der Waals surface area contributed by atoms with Gasteiger partial charge in [-0.25, -0.2) is 0 Å². The largest absolute Gasteiger partial charge is 1.00 e. The van der Waals surface area contributed by atoms with Gasteiger partial charge in [0.05, 0.1) is 0 Å². The first kappa shape index (κ1) is 21.5. The van der Waals surface area contributed by atoms with Crippen molar-refractivity contribution < 1.29 is 123 Å². The van der Waals surface area contributed by atoms with Gasteiger partial charge in [0.1, 0.15) is 0 Å². The quantitative estimate of drug-likeness (QED) is 0.474. The summed E-state index contributed by atoms with van der Waals surface area (Å²) < 4.78 is 0. The normalized spacial score (nSPS) is 34.4. The SMILES string of the molecule is CC1(C)[C@](C)(C(=O)[O-])CC[C@]1(C)C(=O)[O-].[K+].[K+]. The Morgan fingerprint density at radius 2 is 1.06 bits per heavy atom.